The maximum atomic E-state index is 14.6. The second kappa shape index (κ2) is 14.4. The average Bonchev–Trinajstić information content (AvgIpc) is 3.03. The number of benzene rings is 4. The molecule has 0 unspecified atom stereocenters. The van der Waals surface area contributed by atoms with Crippen LogP contribution < -0.4 is 4.74 Å². The second-order valence-electron chi connectivity index (χ2n) is 11.9. The summed E-state index contributed by atoms with van der Waals surface area (Å²) in [6.07, 6.45) is 8.39. The van der Waals surface area contributed by atoms with Crippen molar-refractivity contribution in [1.82, 2.24) is 0 Å². The highest BCUT2D eigenvalue weighted by Gasteiger charge is 2.28. The summed E-state index contributed by atoms with van der Waals surface area (Å²) in [7, 11) is 0. The molecule has 7 heteroatoms. The number of halogens is 6. The smallest absolute Gasteiger partial charge is 0.419 e. The van der Waals surface area contributed by atoms with Crippen molar-refractivity contribution in [3.05, 3.63) is 119 Å². The Hall–Kier alpha value is -4.00. The van der Waals surface area contributed by atoms with Gasteiger partial charge in [0.1, 0.15) is 11.6 Å². The number of hydrogen-bond donors (Lipinski definition) is 0. The standard InChI is InChI=1S/C38H36F6O/c1-2-3-4-5-25-6-10-27(11-7-25)29-14-16-30(17-15-29)28-12-8-26(9-13-28)20-21-38(43,44)45-32-18-19-33(34(39)24-32)31-22-35(40)37(42)36(41)23-31/h8-9,12-25,27H,2-7,10-11H2,1H3/b21-20+. The average molecular weight is 623 g/mol. The summed E-state index contributed by atoms with van der Waals surface area (Å²) in [5, 5.41) is 0. The molecule has 236 valence electrons. The summed E-state index contributed by atoms with van der Waals surface area (Å²) < 4.78 is 88.7. The van der Waals surface area contributed by atoms with Crippen LogP contribution in [0.2, 0.25) is 0 Å². The summed E-state index contributed by atoms with van der Waals surface area (Å²) in [4.78, 5) is 0. The first-order valence-electron chi connectivity index (χ1n) is 15.5. The third kappa shape index (κ3) is 8.38. The topological polar surface area (TPSA) is 9.23 Å². The molecule has 0 amide bonds. The fourth-order valence-electron chi connectivity index (χ4n) is 6.09. The van der Waals surface area contributed by atoms with Crippen LogP contribution >= 0.6 is 0 Å². The van der Waals surface area contributed by atoms with Gasteiger partial charge in [0.15, 0.2) is 17.5 Å². The van der Waals surface area contributed by atoms with Crippen molar-refractivity contribution in [1.29, 1.82) is 0 Å². The molecule has 4 aromatic rings. The lowest BCUT2D eigenvalue weighted by Gasteiger charge is -2.29. The predicted molar refractivity (Wildman–Crippen MR) is 167 cm³/mol. The Morgan fingerprint density at radius 3 is 1.93 bits per heavy atom. The molecule has 0 spiro atoms. The maximum Gasteiger partial charge on any atom is 0.419 e. The van der Waals surface area contributed by atoms with E-state index in [0.717, 1.165) is 29.2 Å². The zero-order chi connectivity index (χ0) is 32.0. The molecule has 0 heterocycles. The van der Waals surface area contributed by atoms with Crippen LogP contribution in [0.1, 0.15) is 75.3 Å². The molecule has 0 aliphatic heterocycles. The van der Waals surface area contributed by atoms with Crippen molar-refractivity contribution in [2.24, 2.45) is 5.92 Å². The van der Waals surface area contributed by atoms with E-state index in [1.807, 2.05) is 12.1 Å². The number of rotatable bonds is 11. The zero-order valence-electron chi connectivity index (χ0n) is 25.1. The molecule has 0 aromatic heterocycles. The van der Waals surface area contributed by atoms with Gasteiger partial charge < -0.3 is 4.74 Å². The Kier molecular flexibility index (Phi) is 10.4. The predicted octanol–water partition coefficient (Wildman–Crippen LogP) is 12.1. The lowest BCUT2D eigenvalue weighted by Crippen LogP contribution is -2.21. The van der Waals surface area contributed by atoms with Crippen LogP contribution in [-0.2, 0) is 0 Å². The maximum absolute atomic E-state index is 14.6. The molecule has 1 aliphatic rings. The van der Waals surface area contributed by atoms with Crippen LogP contribution in [0.25, 0.3) is 28.3 Å². The van der Waals surface area contributed by atoms with E-state index >= 15 is 0 Å². The molecule has 0 atom stereocenters. The Morgan fingerprint density at radius 1 is 0.711 bits per heavy atom. The SMILES string of the molecule is CCCCCC1CCC(c2ccc(-c3ccc(/C=C/C(F)(F)Oc4ccc(-c5cc(F)c(F)c(F)c5)c(F)c4)cc3)cc2)CC1. The number of hydrogen-bond acceptors (Lipinski definition) is 1. The van der Waals surface area contributed by atoms with Gasteiger partial charge in [0.2, 0.25) is 0 Å². The summed E-state index contributed by atoms with van der Waals surface area (Å²) in [5.41, 5.74) is 3.34. The molecular formula is C38H36F6O. The highest BCUT2D eigenvalue weighted by Crippen LogP contribution is 2.38. The lowest BCUT2D eigenvalue weighted by molar-refractivity contribution is -0.131. The minimum Gasteiger partial charge on any atom is -0.429 e. The van der Waals surface area contributed by atoms with E-state index in [9.17, 15) is 26.3 Å². The summed E-state index contributed by atoms with van der Waals surface area (Å²) in [6.45, 7) is 2.25. The Morgan fingerprint density at radius 2 is 1.33 bits per heavy atom. The van der Waals surface area contributed by atoms with Crippen LogP contribution in [0, 0.1) is 29.2 Å². The number of unbranched alkanes of at least 4 members (excludes halogenated alkanes) is 2. The molecule has 1 nitrogen and oxygen atoms in total. The van der Waals surface area contributed by atoms with Crippen LogP contribution in [0.4, 0.5) is 26.3 Å². The number of ether oxygens (including phenoxy) is 1. The van der Waals surface area contributed by atoms with Crippen LogP contribution in [0.3, 0.4) is 0 Å². The quantitative estimate of drug-likeness (QED) is 0.0919. The highest BCUT2D eigenvalue weighted by molar-refractivity contribution is 5.67. The highest BCUT2D eigenvalue weighted by atomic mass is 19.3. The van der Waals surface area contributed by atoms with Gasteiger partial charge in [-0.15, -0.1) is 0 Å². The van der Waals surface area contributed by atoms with E-state index in [1.54, 1.807) is 12.1 Å². The van der Waals surface area contributed by atoms with Gasteiger partial charge in [-0.2, -0.15) is 8.78 Å². The van der Waals surface area contributed by atoms with Crippen molar-refractivity contribution in [3.63, 3.8) is 0 Å². The first-order chi connectivity index (χ1) is 21.6. The van der Waals surface area contributed by atoms with E-state index in [-0.39, 0.29) is 11.1 Å². The Bertz CT molecular complexity index is 1580. The van der Waals surface area contributed by atoms with Crippen molar-refractivity contribution in [2.75, 3.05) is 0 Å². The van der Waals surface area contributed by atoms with Crippen molar-refractivity contribution < 1.29 is 31.1 Å². The van der Waals surface area contributed by atoms with E-state index in [2.05, 4.69) is 35.9 Å². The van der Waals surface area contributed by atoms with E-state index in [0.29, 0.717) is 35.8 Å². The molecule has 0 N–H and O–H groups in total. The fourth-order valence-corrected chi connectivity index (χ4v) is 6.09. The minimum atomic E-state index is -3.77. The monoisotopic (exact) mass is 622 g/mol. The molecule has 1 aliphatic carbocycles. The third-order valence-corrected chi connectivity index (χ3v) is 8.65. The third-order valence-electron chi connectivity index (χ3n) is 8.65. The van der Waals surface area contributed by atoms with Crippen molar-refractivity contribution in [3.8, 4) is 28.0 Å². The van der Waals surface area contributed by atoms with Crippen molar-refractivity contribution >= 4 is 6.08 Å². The molecule has 0 saturated heterocycles. The van der Waals surface area contributed by atoms with Crippen LogP contribution in [0.15, 0.2) is 84.9 Å². The Balaban J connectivity index is 1.17. The zero-order valence-corrected chi connectivity index (χ0v) is 25.1. The van der Waals surface area contributed by atoms with Gasteiger partial charge in [-0.05, 0) is 95.7 Å². The van der Waals surface area contributed by atoms with Gasteiger partial charge >= 0.3 is 6.11 Å². The lowest BCUT2D eigenvalue weighted by atomic mass is 9.77. The molecule has 1 fully saturated rings. The summed E-state index contributed by atoms with van der Waals surface area (Å²) >= 11 is 0. The van der Waals surface area contributed by atoms with Crippen LogP contribution in [0.5, 0.6) is 5.75 Å². The minimum absolute atomic E-state index is 0.281. The normalized spacial score (nSPS) is 17.1. The van der Waals surface area contributed by atoms with Gasteiger partial charge in [-0.25, -0.2) is 17.6 Å². The largest absolute Gasteiger partial charge is 0.429 e. The van der Waals surface area contributed by atoms with Gasteiger partial charge in [0.25, 0.3) is 0 Å². The number of alkyl halides is 2. The summed E-state index contributed by atoms with van der Waals surface area (Å²) in [6, 6.07) is 19.8. The molecular weight excluding hydrogens is 586 g/mol. The van der Waals surface area contributed by atoms with Gasteiger partial charge in [0.05, 0.1) is 0 Å². The summed E-state index contributed by atoms with van der Waals surface area (Å²) in [5.74, 6) is -4.75. The van der Waals surface area contributed by atoms with E-state index in [1.165, 1.54) is 63.0 Å². The first kappa shape index (κ1) is 32.4. The molecule has 45 heavy (non-hydrogen) atoms. The molecule has 0 radical (unpaired) electrons. The van der Waals surface area contributed by atoms with Crippen molar-refractivity contribution in [2.45, 2.75) is 70.3 Å². The second-order valence-corrected chi connectivity index (χ2v) is 11.9. The van der Waals surface area contributed by atoms with Gasteiger partial charge in [0, 0.05) is 17.7 Å². The molecule has 1 saturated carbocycles. The van der Waals surface area contributed by atoms with Gasteiger partial charge in [-0.3, -0.25) is 0 Å². The first-order valence-corrected chi connectivity index (χ1v) is 15.5. The van der Waals surface area contributed by atoms with Gasteiger partial charge in [-0.1, -0.05) is 81.1 Å². The Labute approximate surface area is 260 Å². The van der Waals surface area contributed by atoms with Crippen LogP contribution in [-0.4, -0.2) is 6.11 Å². The van der Waals surface area contributed by atoms with E-state index in [4.69, 9.17) is 0 Å². The molecule has 0 bridgehead atoms. The molecule has 5 rings (SSSR count). The fraction of sp³-hybridized carbons (Fsp3) is 0.316. The molecule has 4 aromatic carbocycles. The van der Waals surface area contributed by atoms with E-state index < -0.39 is 35.1 Å².